The second kappa shape index (κ2) is 12.2. The molecule has 0 aliphatic carbocycles. The first-order chi connectivity index (χ1) is 17.8. The average Bonchev–Trinajstić information content (AvgIpc) is 2.90. The van der Waals surface area contributed by atoms with E-state index in [4.69, 9.17) is 11.6 Å². The van der Waals surface area contributed by atoms with Crippen molar-refractivity contribution in [3.8, 4) is 0 Å². The summed E-state index contributed by atoms with van der Waals surface area (Å²) in [5.41, 5.74) is 3.64. The first-order valence-electron chi connectivity index (χ1n) is 12.0. The lowest BCUT2D eigenvalue weighted by molar-refractivity contribution is -0.132. The van der Waals surface area contributed by atoms with Crippen molar-refractivity contribution in [3.05, 3.63) is 136 Å². The van der Waals surface area contributed by atoms with Crippen LogP contribution in [0.4, 0.5) is 0 Å². The van der Waals surface area contributed by atoms with E-state index in [0.29, 0.717) is 18.1 Å². The van der Waals surface area contributed by atoms with E-state index in [1.165, 1.54) is 4.31 Å². The Balaban J connectivity index is 1.65. The summed E-state index contributed by atoms with van der Waals surface area (Å²) in [6.07, 6.45) is 0. The summed E-state index contributed by atoms with van der Waals surface area (Å²) in [4.78, 5) is 15.6. The molecule has 0 atom stereocenters. The van der Waals surface area contributed by atoms with Gasteiger partial charge in [-0.3, -0.25) is 4.79 Å². The highest BCUT2D eigenvalue weighted by atomic mass is 35.5. The molecule has 0 unspecified atom stereocenters. The van der Waals surface area contributed by atoms with Crippen molar-refractivity contribution in [2.24, 2.45) is 0 Å². The summed E-state index contributed by atoms with van der Waals surface area (Å²) in [5, 5.41) is 0.560. The van der Waals surface area contributed by atoms with Crippen LogP contribution in [0.25, 0.3) is 0 Å². The van der Waals surface area contributed by atoms with E-state index in [0.717, 1.165) is 22.3 Å². The fraction of sp³-hybridized carbons (Fsp3) is 0.167. The molecule has 0 saturated heterocycles. The van der Waals surface area contributed by atoms with E-state index in [-0.39, 0.29) is 23.9 Å². The minimum atomic E-state index is -3.95. The van der Waals surface area contributed by atoms with Gasteiger partial charge in [-0.15, -0.1) is 0 Å². The second-order valence-electron chi connectivity index (χ2n) is 8.93. The predicted molar refractivity (Wildman–Crippen MR) is 147 cm³/mol. The lowest BCUT2D eigenvalue weighted by Gasteiger charge is -2.28. The third-order valence-electron chi connectivity index (χ3n) is 6.03. The summed E-state index contributed by atoms with van der Waals surface area (Å²) >= 11 is 6.04. The van der Waals surface area contributed by atoms with Crippen LogP contribution < -0.4 is 0 Å². The molecule has 0 aromatic heterocycles. The number of rotatable bonds is 10. The monoisotopic (exact) mass is 532 g/mol. The minimum absolute atomic E-state index is 0.0453. The molecule has 1 amide bonds. The predicted octanol–water partition coefficient (Wildman–Crippen LogP) is 6.07. The molecule has 0 fully saturated rings. The molecule has 190 valence electrons. The number of benzene rings is 4. The van der Waals surface area contributed by atoms with Crippen LogP contribution in [0.5, 0.6) is 0 Å². The van der Waals surface area contributed by atoms with Gasteiger partial charge in [0.05, 0.1) is 11.4 Å². The molecule has 7 heteroatoms. The highest BCUT2D eigenvalue weighted by Crippen LogP contribution is 2.21. The largest absolute Gasteiger partial charge is 0.333 e. The Kier molecular flexibility index (Phi) is 8.77. The van der Waals surface area contributed by atoms with Crippen molar-refractivity contribution in [2.45, 2.75) is 31.5 Å². The van der Waals surface area contributed by atoms with Gasteiger partial charge in [-0.1, -0.05) is 102 Å². The topological polar surface area (TPSA) is 57.7 Å². The summed E-state index contributed by atoms with van der Waals surface area (Å²) in [6, 6.07) is 33.0. The molecule has 0 bridgehead atoms. The number of carbonyl (C=O) groups excluding carboxylic acids is 1. The van der Waals surface area contributed by atoms with Crippen molar-refractivity contribution in [2.75, 3.05) is 6.54 Å². The van der Waals surface area contributed by atoms with Crippen molar-refractivity contribution in [3.63, 3.8) is 0 Å². The molecule has 37 heavy (non-hydrogen) atoms. The molecule has 0 aliphatic rings. The maximum absolute atomic E-state index is 13.7. The van der Waals surface area contributed by atoms with Crippen LogP contribution in [0, 0.1) is 6.92 Å². The Morgan fingerprint density at radius 3 is 1.68 bits per heavy atom. The van der Waals surface area contributed by atoms with E-state index in [1.807, 2.05) is 67.6 Å². The van der Waals surface area contributed by atoms with Gasteiger partial charge in [-0.2, -0.15) is 4.31 Å². The van der Waals surface area contributed by atoms with Crippen molar-refractivity contribution >= 4 is 27.5 Å². The summed E-state index contributed by atoms with van der Waals surface area (Å²) < 4.78 is 28.7. The van der Waals surface area contributed by atoms with Gasteiger partial charge in [-0.05, 0) is 47.9 Å². The van der Waals surface area contributed by atoms with Crippen molar-refractivity contribution < 1.29 is 13.2 Å². The third kappa shape index (κ3) is 7.29. The fourth-order valence-corrected chi connectivity index (χ4v) is 5.47. The van der Waals surface area contributed by atoms with E-state index in [2.05, 4.69) is 0 Å². The Labute approximate surface area is 224 Å². The molecular weight excluding hydrogens is 504 g/mol. The summed E-state index contributed by atoms with van der Waals surface area (Å²) in [7, 11) is -3.95. The SMILES string of the molecule is Cc1ccc(S(=O)(=O)N(CC(=O)N(Cc2ccccc2)Cc2ccccc2)Cc2ccc(Cl)cc2)cc1. The zero-order chi connectivity index (χ0) is 26.3. The van der Waals surface area contributed by atoms with Gasteiger partial charge >= 0.3 is 0 Å². The second-order valence-corrected chi connectivity index (χ2v) is 11.3. The third-order valence-corrected chi connectivity index (χ3v) is 8.09. The zero-order valence-electron chi connectivity index (χ0n) is 20.6. The smallest absolute Gasteiger partial charge is 0.243 e. The standard InChI is InChI=1S/C30H29ClN2O3S/c1-24-12-18-29(19-13-24)37(35,36)33(22-27-14-16-28(31)17-15-27)23-30(34)32(20-25-8-4-2-5-9-25)21-26-10-6-3-7-11-26/h2-19H,20-23H2,1H3. The number of amides is 1. The van der Waals surface area contributed by atoms with Crippen LogP contribution in [-0.4, -0.2) is 30.1 Å². The molecule has 0 heterocycles. The highest BCUT2D eigenvalue weighted by molar-refractivity contribution is 7.89. The number of halogens is 1. The summed E-state index contributed by atoms with van der Waals surface area (Å²) in [5.74, 6) is -0.280. The first kappa shape index (κ1) is 26.6. The van der Waals surface area contributed by atoms with Gasteiger partial charge in [0.25, 0.3) is 0 Å². The normalized spacial score (nSPS) is 11.4. The van der Waals surface area contributed by atoms with Crippen LogP contribution in [0.3, 0.4) is 0 Å². The molecule has 0 N–H and O–H groups in total. The van der Waals surface area contributed by atoms with Crippen LogP contribution in [0.15, 0.2) is 114 Å². The maximum atomic E-state index is 13.7. The van der Waals surface area contributed by atoms with Crippen LogP contribution >= 0.6 is 11.6 Å². The quantitative estimate of drug-likeness (QED) is 0.249. The van der Waals surface area contributed by atoms with Gasteiger partial charge in [0, 0.05) is 24.7 Å². The molecule has 4 aromatic carbocycles. The van der Waals surface area contributed by atoms with Crippen molar-refractivity contribution in [1.82, 2.24) is 9.21 Å². The highest BCUT2D eigenvalue weighted by Gasteiger charge is 2.29. The van der Waals surface area contributed by atoms with Crippen LogP contribution in [0.1, 0.15) is 22.3 Å². The van der Waals surface area contributed by atoms with E-state index >= 15 is 0 Å². The number of aryl methyl sites for hydroxylation is 1. The minimum Gasteiger partial charge on any atom is -0.333 e. The van der Waals surface area contributed by atoms with Crippen LogP contribution in [0.2, 0.25) is 5.02 Å². The Morgan fingerprint density at radius 2 is 1.16 bits per heavy atom. The number of hydrogen-bond donors (Lipinski definition) is 0. The van der Waals surface area contributed by atoms with Crippen LogP contribution in [-0.2, 0) is 34.5 Å². The fourth-order valence-electron chi connectivity index (χ4n) is 3.97. The molecule has 0 saturated carbocycles. The number of hydrogen-bond acceptors (Lipinski definition) is 3. The molecule has 4 rings (SSSR count). The zero-order valence-corrected chi connectivity index (χ0v) is 22.2. The Morgan fingerprint density at radius 1 is 0.676 bits per heavy atom. The lowest BCUT2D eigenvalue weighted by atomic mass is 10.1. The molecule has 0 spiro atoms. The van der Waals surface area contributed by atoms with Gasteiger partial charge < -0.3 is 4.90 Å². The van der Waals surface area contributed by atoms with E-state index in [1.54, 1.807) is 53.4 Å². The molecule has 0 aliphatic heterocycles. The van der Waals surface area contributed by atoms with Gasteiger partial charge in [-0.25, -0.2) is 8.42 Å². The lowest BCUT2D eigenvalue weighted by Crippen LogP contribution is -2.42. The molecule has 5 nitrogen and oxygen atoms in total. The van der Waals surface area contributed by atoms with Gasteiger partial charge in [0.1, 0.15) is 0 Å². The Hall–Kier alpha value is -3.45. The average molecular weight is 533 g/mol. The van der Waals surface area contributed by atoms with Gasteiger partial charge in [0.15, 0.2) is 0 Å². The van der Waals surface area contributed by atoms with Gasteiger partial charge in [0.2, 0.25) is 15.9 Å². The van der Waals surface area contributed by atoms with E-state index < -0.39 is 10.0 Å². The maximum Gasteiger partial charge on any atom is 0.243 e. The van der Waals surface area contributed by atoms with Crippen molar-refractivity contribution in [1.29, 1.82) is 0 Å². The summed E-state index contributed by atoms with van der Waals surface area (Å²) in [6.45, 7) is 2.39. The number of sulfonamides is 1. The molecule has 0 radical (unpaired) electrons. The number of nitrogens with zero attached hydrogens (tertiary/aromatic N) is 2. The molecule has 4 aromatic rings. The first-order valence-corrected chi connectivity index (χ1v) is 13.8. The Bertz CT molecular complexity index is 1370. The number of carbonyl (C=O) groups is 1. The molecular formula is C30H29ClN2O3S. The van der Waals surface area contributed by atoms with E-state index in [9.17, 15) is 13.2 Å².